The SMILES string of the molecule is Cc1cc2nc(n1)OCCOCC[C@H](C)Nc1ccc3c(c1)c-2nn3C1CCCCO1. The van der Waals surface area contributed by atoms with Crippen LogP contribution in [0, 0.1) is 6.92 Å². The molecule has 2 aliphatic rings. The van der Waals surface area contributed by atoms with Crippen molar-refractivity contribution in [3.05, 3.63) is 30.0 Å². The average Bonchev–Trinajstić information content (AvgIpc) is 3.15. The molecule has 1 saturated heterocycles. The molecule has 0 spiro atoms. The molecule has 31 heavy (non-hydrogen) atoms. The fourth-order valence-electron chi connectivity index (χ4n) is 4.19. The fourth-order valence-corrected chi connectivity index (χ4v) is 4.19. The summed E-state index contributed by atoms with van der Waals surface area (Å²) in [6, 6.07) is 8.99. The Labute approximate surface area is 181 Å². The minimum Gasteiger partial charge on any atom is -0.461 e. The predicted octanol–water partition coefficient (Wildman–Crippen LogP) is 4.10. The molecule has 5 rings (SSSR count). The van der Waals surface area contributed by atoms with Gasteiger partial charge in [0.25, 0.3) is 0 Å². The first kappa shape index (κ1) is 20.2. The number of anilines is 1. The normalized spacial score (nSPS) is 22.4. The maximum atomic E-state index is 6.06. The van der Waals surface area contributed by atoms with Crippen LogP contribution in [0.15, 0.2) is 24.3 Å². The van der Waals surface area contributed by atoms with Crippen molar-refractivity contribution in [2.75, 3.05) is 31.7 Å². The van der Waals surface area contributed by atoms with Crippen LogP contribution in [-0.4, -0.2) is 52.2 Å². The molecule has 0 radical (unpaired) electrons. The maximum absolute atomic E-state index is 6.06. The summed E-state index contributed by atoms with van der Waals surface area (Å²) in [5.74, 6) is 0. The van der Waals surface area contributed by atoms with Gasteiger partial charge in [-0.25, -0.2) is 9.67 Å². The zero-order valence-electron chi connectivity index (χ0n) is 18.1. The van der Waals surface area contributed by atoms with E-state index in [0.29, 0.717) is 25.8 Å². The number of fused-ring (bicyclic) bond motifs is 4. The molecule has 3 aromatic rings. The number of aryl methyl sites for hydroxylation is 1. The Hall–Kier alpha value is -2.71. The Kier molecular flexibility index (Phi) is 5.74. The average molecular weight is 424 g/mol. The van der Waals surface area contributed by atoms with E-state index in [9.17, 15) is 0 Å². The molecule has 4 heterocycles. The highest BCUT2D eigenvalue weighted by atomic mass is 16.5. The molecule has 0 aliphatic carbocycles. The monoisotopic (exact) mass is 423 g/mol. The van der Waals surface area contributed by atoms with Crippen molar-refractivity contribution in [1.29, 1.82) is 0 Å². The molecule has 2 aromatic heterocycles. The molecule has 1 N–H and O–H groups in total. The lowest BCUT2D eigenvalue weighted by molar-refractivity contribution is -0.0365. The highest BCUT2D eigenvalue weighted by molar-refractivity contribution is 5.94. The predicted molar refractivity (Wildman–Crippen MR) is 118 cm³/mol. The first-order chi connectivity index (χ1) is 15.2. The van der Waals surface area contributed by atoms with Gasteiger partial charge in [-0.3, -0.25) is 0 Å². The molecular weight excluding hydrogens is 394 g/mol. The van der Waals surface area contributed by atoms with Crippen molar-refractivity contribution in [1.82, 2.24) is 19.7 Å². The van der Waals surface area contributed by atoms with Crippen molar-refractivity contribution >= 4 is 16.6 Å². The van der Waals surface area contributed by atoms with Gasteiger partial charge in [0.15, 0.2) is 6.23 Å². The van der Waals surface area contributed by atoms with Crippen LogP contribution in [0.2, 0.25) is 0 Å². The lowest BCUT2D eigenvalue weighted by atomic mass is 10.1. The molecule has 1 fully saturated rings. The van der Waals surface area contributed by atoms with E-state index in [0.717, 1.165) is 66.0 Å². The summed E-state index contributed by atoms with van der Waals surface area (Å²) in [4.78, 5) is 9.11. The Balaban J connectivity index is 1.65. The summed E-state index contributed by atoms with van der Waals surface area (Å²) < 4.78 is 19.6. The summed E-state index contributed by atoms with van der Waals surface area (Å²) in [5.41, 5.74) is 4.52. The fraction of sp³-hybridized carbons (Fsp3) is 0.522. The molecule has 0 saturated carbocycles. The third kappa shape index (κ3) is 4.36. The van der Waals surface area contributed by atoms with Gasteiger partial charge in [-0.15, -0.1) is 0 Å². The van der Waals surface area contributed by atoms with E-state index in [1.807, 2.05) is 17.7 Å². The van der Waals surface area contributed by atoms with Gasteiger partial charge >= 0.3 is 6.01 Å². The molecule has 4 bridgehead atoms. The van der Waals surface area contributed by atoms with Crippen LogP contribution < -0.4 is 10.1 Å². The number of aromatic nitrogens is 4. The van der Waals surface area contributed by atoms with Gasteiger partial charge in [0.05, 0.1) is 17.8 Å². The smallest absolute Gasteiger partial charge is 0.317 e. The zero-order valence-corrected chi connectivity index (χ0v) is 18.1. The molecule has 8 heteroatoms. The second kappa shape index (κ2) is 8.80. The topological polar surface area (TPSA) is 83.3 Å². The molecule has 164 valence electrons. The summed E-state index contributed by atoms with van der Waals surface area (Å²) in [6.07, 6.45) is 4.06. The quantitative estimate of drug-likeness (QED) is 0.631. The number of benzene rings is 1. The van der Waals surface area contributed by atoms with Gasteiger partial charge in [-0.2, -0.15) is 10.1 Å². The Morgan fingerprint density at radius 1 is 1.03 bits per heavy atom. The van der Waals surface area contributed by atoms with Gasteiger partial charge < -0.3 is 19.5 Å². The second-order valence-corrected chi connectivity index (χ2v) is 8.32. The number of nitrogens with one attached hydrogen (secondary N) is 1. The Morgan fingerprint density at radius 3 is 2.84 bits per heavy atom. The summed E-state index contributed by atoms with van der Waals surface area (Å²) in [7, 11) is 0. The summed E-state index contributed by atoms with van der Waals surface area (Å²) in [6.45, 7) is 6.47. The van der Waals surface area contributed by atoms with Gasteiger partial charge in [0.1, 0.15) is 12.3 Å². The van der Waals surface area contributed by atoms with Crippen LogP contribution in [0.25, 0.3) is 22.3 Å². The van der Waals surface area contributed by atoms with E-state index in [1.165, 1.54) is 0 Å². The Morgan fingerprint density at radius 2 is 1.97 bits per heavy atom. The van der Waals surface area contributed by atoms with Crippen molar-refractivity contribution in [3.63, 3.8) is 0 Å². The van der Waals surface area contributed by atoms with E-state index in [-0.39, 0.29) is 12.3 Å². The lowest BCUT2D eigenvalue weighted by Crippen LogP contribution is -2.19. The molecule has 8 nitrogen and oxygen atoms in total. The minimum atomic E-state index is -0.0517. The van der Waals surface area contributed by atoms with Gasteiger partial charge in [-0.05, 0) is 63.8 Å². The number of ether oxygens (including phenoxy) is 3. The van der Waals surface area contributed by atoms with E-state index < -0.39 is 0 Å². The molecule has 1 unspecified atom stereocenters. The number of hydrogen-bond donors (Lipinski definition) is 1. The maximum Gasteiger partial charge on any atom is 0.317 e. The molecular formula is C23H29N5O3. The largest absolute Gasteiger partial charge is 0.461 e. The van der Waals surface area contributed by atoms with E-state index >= 15 is 0 Å². The zero-order chi connectivity index (χ0) is 21.2. The van der Waals surface area contributed by atoms with Crippen molar-refractivity contribution in [3.8, 4) is 17.4 Å². The Bertz CT molecular complexity index is 1060. The van der Waals surface area contributed by atoms with Crippen LogP contribution in [-0.2, 0) is 9.47 Å². The first-order valence-electron chi connectivity index (χ1n) is 11.1. The number of rotatable bonds is 1. The molecule has 0 amide bonds. The minimum absolute atomic E-state index is 0.0517. The molecule has 1 aromatic carbocycles. The van der Waals surface area contributed by atoms with Crippen LogP contribution in [0.1, 0.15) is 44.5 Å². The van der Waals surface area contributed by atoms with E-state index in [4.69, 9.17) is 19.3 Å². The lowest BCUT2D eigenvalue weighted by Gasteiger charge is -2.23. The molecule has 2 aliphatic heterocycles. The van der Waals surface area contributed by atoms with Crippen molar-refractivity contribution < 1.29 is 14.2 Å². The van der Waals surface area contributed by atoms with Crippen LogP contribution >= 0.6 is 0 Å². The summed E-state index contributed by atoms with van der Waals surface area (Å²) in [5, 5.41) is 9.63. The van der Waals surface area contributed by atoms with Gasteiger partial charge in [-0.1, -0.05) is 0 Å². The van der Waals surface area contributed by atoms with Crippen molar-refractivity contribution in [2.24, 2.45) is 0 Å². The number of hydrogen-bond acceptors (Lipinski definition) is 7. The van der Waals surface area contributed by atoms with E-state index in [1.54, 1.807) is 0 Å². The first-order valence-corrected chi connectivity index (χ1v) is 11.1. The highest BCUT2D eigenvalue weighted by Crippen LogP contribution is 2.34. The van der Waals surface area contributed by atoms with Crippen LogP contribution in [0.3, 0.4) is 0 Å². The summed E-state index contributed by atoms with van der Waals surface area (Å²) >= 11 is 0. The van der Waals surface area contributed by atoms with Crippen molar-refractivity contribution in [2.45, 2.75) is 51.8 Å². The van der Waals surface area contributed by atoms with Gasteiger partial charge in [0.2, 0.25) is 0 Å². The standard InChI is InChI=1S/C23H29N5O3/c1-15-8-10-29-11-12-31-23-25-16(2)13-19(26-23)22-18-14-17(24-15)6-7-20(18)28(27-22)21-5-3-4-9-30-21/h6-7,13-15,21,24H,3-5,8-12H2,1-2H3/t15-,21?/m0/s1. The van der Waals surface area contributed by atoms with E-state index in [2.05, 4.69) is 40.4 Å². The second-order valence-electron chi connectivity index (χ2n) is 8.32. The number of nitrogens with zero attached hydrogens (tertiary/aromatic N) is 4. The molecule has 2 atom stereocenters. The van der Waals surface area contributed by atoms with Crippen LogP contribution in [0.5, 0.6) is 6.01 Å². The van der Waals surface area contributed by atoms with Crippen LogP contribution in [0.4, 0.5) is 5.69 Å². The third-order valence-electron chi connectivity index (χ3n) is 5.78. The highest BCUT2D eigenvalue weighted by Gasteiger charge is 2.23. The third-order valence-corrected chi connectivity index (χ3v) is 5.78. The van der Waals surface area contributed by atoms with Gasteiger partial charge in [0, 0.05) is 36.0 Å².